The van der Waals surface area contributed by atoms with Gasteiger partial charge in [0.25, 0.3) is 5.91 Å². The van der Waals surface area contributed by atoms with E-state index in [1.54, 1.807) is 12.1 Å². The van der Waals surface area contributed by atoms with E-state index >= 15 is 0 Å². The third kappa shape index (κ3) is 1.90. The summed E-state index contributed by atoms with van der Waals surface area (Å²) >= 11 is 0. The second-order valence-electron chi connectivity index (χ2n) is 4.76. The van der Waals surface area contributed by atoms with Gasteiger partial charge in [0.15, 0.2) is 0 Å². The van der Waals surface area contributed by atoms with Gasteiger partial charge in [-0.3, -0.25) is 24.7 Å². The number of hydrogen-bond acceptors (Lipinski definition) is 4. The highest BCUT2D eigenvalue weighted by Crippen LogP contribution is 2.28. The van der Waals surface area contributed by atoms with E-state index in [2.05, 4.69) is 11.4 Å². The van der Waals surface area contributed by atoms with Crippen LogP contribution in [0.3, 0.4) is 0 Å². The number of piperidine rings is 1. The molecule has 2 aliphatic heterocycles. The summed E-state index contributed by atoms with van der Waals surface area (Å²) in [4.78, 5) is 34.7. The summed E-state index contributed by atoms with van der Waals surface area (Å²) in [7, 11) is 0. The average Bonchev–Trinajstić information content (AvgIpc) is 2.65. The predicted molar refractivity (Wildman–Crippen MR) is 64.5 cm³/mol. The van der Waals surface area contributed by atoms with Crippen LogP contribution in [0.1, 0.15) is 40.2 Å². The average molecular weight is 258 g/mol. The number of carbonyl (C=O) groups is 3. The van der Waals surface area contributed by atoms with Crippen LogP contribution in [-0.4, -0.2) is 22.7 Å². The van der Waals surface area contributed by atoms with Gasteiger partial charge in [0, 0.05) is 12.0 Å². The zero-order valence-corrected chi connectivity index (χ0v) is 10.1. The van der Waals surface area contributed by atoms with Crippen LogP contribution in [0.5, 0.6) is 0 Å². The van der Waals surface area contributed by atoms with Crippen LogP contribution in [0.15, 0.2) is 12.1 Å². The Morgan fingerprint density at radius 1 is 1.37 bits per heavy atom. The van der Waals surface area contributed by atoms with Gasteiger partial charge in [0.05, 0.1) is 12.5 Å². The van der Waals surface area contributed by atoms with Crippen molar-refractivity contribution in [1.82, 2.24) is 10.3 Å². The van der Waals surface area contributed by atoms with E-state index in [9.17, 15) is 14.4 Å². The molecule has 3 amide bonds. The summed E-state index contributed by atoms with van der Waals surface area (Å²) in [5, 5.41) is 3.43. The van der Waals surface area contributed by atoms with Crippen LogP contribution in [0.25, 0.3) is 0 Å². The second kappa shape index (κ2) is 4.17. The maximum atomic E-state index is 11.8. The first-order chi connectivity index (χ1) is 9.06. The lowest BCUT2D eigenvalue weighted by atomic mass is 9.89. The number of imide groups is 1. The number of amides is 3. The molecule has 2 aliphatic rings. The van der Waals surface area contributed by atoms with E-state index in [4.69, 9.17) is 5.84 Å². The molecule has 1 saturated heterocycles. The monoisotopic (exact) mass is 258 g/mol. The molecule has 0 aliphatic carbocycles. The van der Waals surface area contributed by atoms with Crippen LogP contribution in [0.2, 0.25) is 0 Å². The number of carbonyl (C=O) groups excluding carboxylic acids is 3. The molecule has 1 unspecified atom stereocenters. The van der Waals surface area contributed by atoms with E-state index in [-0.39, 0.29) is 17.7 Å². The van der Waals surface area contributed by atoms with Crippen LogP contribution in [0.4, 0.5) is 0 Å². The normalized spacial score (nSPS) is 22.5. The molecule has 3 rings (SSSR count). The smallest absolute Gasteiger partial charge is 0.268 e. The fourth-order valence-corrected chi connectivity index (χ4v) is 2.47. The molecule has 0 spiro atoms. The van der Waals surface area contributed by atoms with Gasteiger partial charge in [0.2, 0.25) is 11.8 Å². The molecule has 1 aromatic carbocycles. The number of fused-ring (bicyclic) bond motifs is 1. The molecule has 97 valence electrons. The van der Waals surface area contributed by atoms with Crippen LogP contribution >= 0.6 is 0 Å². The maximum absolute atomic E-state index is 11.8. The zero-order chi connectivity index (χ0) is 13.6. The number of benzene rings is 1. The number of rotatable bonds is 1. The van der Waals surface area contributed by atoms with Crippen LogP contribution in [0, 0.1) is 6.07 Å². The zero-order valence-electron chi connectivity index (χ0n) is 10.1. The van der Waals surface area contributed by atoms with Gasteiger partial charge >= 0.3 is 0 Å². The lowest BCUT2D eigenvalue weighted by Gasteiger charge is -2.21. The van der Waals surface area contributed by atoms with E-state index in [1.165, 1.54) is 0 Å². The summed E-state index contributed by atoms with van der Waals surface area (Å²) in [6.45, 7) is 0.361. The van der Waals surface area contributed by atoms with Gasteiger partial charge in [-0.2, -0.15) is 0 Å². The third-order valence-corrected chi connectivity index (χ3v) is 3.51. The molecule has 1 aromatic rings. The quantitative estimate of drug-likeness (QED) is 0.416. The Morgan fingerprint density at radius 2 is 2.16 bits per heavy atom. The van der Waals surface area contributed by atoms with Crippen molar-refractivity contribution in [1.29, 1.82) is 0 Å². The van der Waals surface area contributed by atoms with Crippen molar-refractivity contribution in [2.24, 2.45) is 5.84 Å². The highest BCUT2D eigenvalue weighted by molar-refractivity contribution is 6.02. The van der Waals surface area contributed by atoms with Crippen molar-refractivity contribution in [3.63, 3.8) is 0 Å². The van der Waals surface area contributed by atoms with Crippen molar-refractivity contribution in [3.05, 3.63) is 34.9 Å². The van der Waals surface area contributed by atoms with E-state index < -0.39 is 5.92 Å². The molecular formula is C13H12N3O3. The van der Waals surface area contributed by atoms with Crippen molar-refractivity contribution in [2.75, 3.05) is 0 Å². The van der Waals surface area contributed by atoms with Gasteiger partial charge in [-0.25, -0.2) is 5.84 Å². The molecule has 1 atom stereocenters. The largest absolute Gasteiger partial charge is 0.296 e. The summed E-state index contributed by atoms with van der Waals surface area (Å²) in [6.07, 6.45) is 0.749. The molecular weight excluding hydrogens is 246 g/mol. The molecule has 6 heteroatoms. The summed E-state index contributed by atoms with van der Waals surface area (Å²) in [5.74, 6) is 4.28. The second-order valence-corrected chi connectivity index (χ2v) is 4.76. The lowest BCUT2D eigenvalue weighted by molar-refractivity contribution is -0.134. The Balaban J connectivity index is 1.93. The minimum Gasteiger partial charge on any atom is -0.296 e. The number of nitrogens with two attached hydrogens (primary N) is 1. The summed E-state index contributed by atoms with van der Waals surface area (Å²) in [5.41, 5.74) is 1.96. The Bertz CT molecular complexity index is 597. The Labute approximate surface area is 109 Å². The lowest BCUT2D eigenvalue weighted by Crippen LogP contribution is -2.39. The predicted octanol–water partition coefficient (Wildman–Crippen LogP) is -0.164. The van der Waals surface area contributed by atoms with Gasteiger partial charge in [-0.05, 0) is 35.7 Å². The fraction of sp³-hybridized carbons (Fsp3) is 0.308. The molecule has 3 N–H and O–H groups in total. The molecule has 0 bridgehead atoms. The van der Waals surface area contributed by atoms with Crippen molar-refractivity contribution in [3.8, 4) is 0 Å². The molecule has 0 aromatic heterocycles. The number of hydrazine groups is 1. The van der Waals surface area contributed by atoms with Gasteiger partial charge in [-0.15, -0.1) is 0 Å². The first-order valence-corrected chi connectivity index (χ1v) is 6.01. The Kier molecular flexibility index (Phi) is 2.60. The molecule has 19 heavy (non-hydrogen) atoms. The van der Waals surface area contributed by atoms with E-state index in [0.717, 1.165) is 10.6 Å². The van der Waals surface area contributed by atoms with E-state index in [0.29, 0.717) is 30.5 Å². The fourth-order valence-electron chi connectivity index (χ4n) is 2.47. The van der Waals surface area contributed by atoms with Crippen molar-refractivity contribution < 1.29 is 14.4 Å². The third-order valence-electron chi connectivity index (χ3n) is 3.51. The first kappa shape index (κ1) is 11.9. The minimum absolute atomic E-state index is 0.252. The Morgan fingerprint density at radius 3 is 2.89 bits per heavy atom. The van der Waals surface area contributed by atoms with Crippen molar-refractivity contribution >= 4 is 17.7 Å². The summed E-state index contributed by atoms with van der Waals surface area (Å²) < 4.78 is 0. The number of nitrogens with zero attached hydrogens (tertiary/aromatic N) is 1. The van der Waals surface area contributed by atoms with Gasteiger partial charge < -0.3 is 0 Å². The maximum Gasteiger partial charge on any atom is 0.268 e. The SMILES string of the molecule is NN1Cc2c[c]c(C3CCC(=O)NC3=O)cc2C1=O. The number of nitrogens with one attached hydrogen (secondary N) is 1. The highest BCUT2D eigenvalue weighted by Gasteiger charge is 2.31. The standard InChI is InChI=1S/C13H12N3O3/c14-16-6-8-2-1-7(5-10(8)13(16)19)9-3-4-11(17)15-12(9)18/h2,5,9H,3-4,6,14H2,(H,15,17,18). The van der Waals surface area contributed by atoms with E-state index in [1.807, 2.05) is 0 Å². The summed E-state index contributed by atoms with van der Waals surface area (Å²) in [6, 6.07) is 6.37. The first-order valence-electron chi connectivity index (χ1n) is 6.01. The van der Waals surface area contributed by atoms with Crippen LogP contribution in [-0.2, 0) is 16.1 Å². The van der Waals surface area contributed by atoms with Crippen molar-refractivity contribution in [2.45, 2.75) is 25.3 Å². The van der Waals surface area contributed by atoms with Gasteiger partial charge in [-0.1, -0.05) is 0 Å². The molecule has 1 radical (unpaired) electrons. The highest BCUT2D eigenvalue weighted by atomic mass is 16.2. The topological polar surface area (TPSA) is 92.5 Å². The van der Waals surface area contributed by atoms with Gasteiger partial charge in [0.1, 0.15) is 0 Å². The minimum atomic E-state index is -0.428. The Hall–Kier alpha value is -2.21. The molecule has 1 fully saturated rings. The van der Waals surface area contributed by atoms with Crippen LogP contribution < -0.4 is 11.2 Å². The molecule has 2 heterocycles. The molecule has 6 nitrogen and oxygen atoms in total. The molecule has 0 saturated carbocycles. The number of hydrogen-bond donors (Lipinski definition) is 2.